The van der Waals surface area contributed by atoms with Crippen LogP contribution in [0.5, 0.6) is 0 Å². The predicted octanol–water partition coefficient (Wildman–Crippen LogP) is 3.30. The molecule has 1 N–H and O–H groups in total. The fourth-order valence-electron chi connectivity index (χ4n) is 2.45. The minimum atomic E-state index is 0.162. The molecule has 1 fully saturated rings. The van der Waals surface area contributed by atoms with Crippen molar-refractivity contribution in [2.24, 2.45) is 5.92 Å². The monoisotopic (exact) mass is 249 g/mol. The zero-order valence-electron chi connectivity index (χ0n) is 12.5. The lowest BCUT2D eigenvalue weighted by Gasteiger charge is -2.21. The zero-order valence-corrected chi connectivity index (χ0v) is 12.5. The van der Waals surface area contributed by atoms with Gasteiger partial charge in [-0.3, -0.25) is 4.68 Å². The lowest BCUT2D eigenvalue weighted by molar-refractivity contribution is 0.415. The molecule has 1 aromatic rings. The molecule has 1 aliphatic rings. The third-order valence-electron chi connectivity index (χ3n) is 3.82. The highest BCUT2D eigenvalue weighted by Crippen LogP contribution is 2.39. The molecule has 0 spiro atoms. The largest absolute Gasteiger partial charge is 0.308 e. The van der Waals surface area contributed by atoms with Crippen LogP contribution in [0.25, 0.3) is 0 Å². The van der Waals surface area contributed by atoms with Crippen LogP contribution in [-0.2, 0) is 13.0 Å². The Bertz CT molecular complexity index is 396. The van der Waals surface area contributed by atoms with Crippen LogP contribution in [-0.4, -0.2) is 15.3 Å². The standard InChI is InChI=1S/C15H27N3/c1-6-14-13(9-16-15(3,4)5)10-17-18(14)11(2)12-7-8-12/h10-12,16H,6-9H2,1-5H3. The van der Waals surface area contributed by atoms with Gasteiger partial charge in [-0.15, -0.1) is 0 Å². The molecule has 102 valence electrons. The average molecular weight is 249 g/mol. The van der Waals surface area contributed by atoms with Gasteiger partial charge in [0, 0.05) is 23.3 Å². The predicted molar refractivity (Wildman–Crippen MR) is 75.6 cm³/mol. The van der Waals surface area contributed by atoms with E-state index in [1.165, 1.54) is 24.1 Å². The van der Waals surface area contributed by atoms with E-state index in [2.05, 4.69) is 55.9 Å². The highest BCUT2D eigenvalue weighted by atomic mass is 15.3. The highest BCUT2D eigenvalue weighted by molar-refractivity contribution is 5.19. The van der Waals surface area contributed by atoms with Gasteiger partial charge in [-0.25, -0.2) is 0 Å². The number of aromatic nitrogens is 2. The van der Waals surface area contributed by atoms with Crippen molar-refractivity contribution in [1.82, 2.24) is 15.1 Å². The fourth-order valence-corrected chi connectivity index (χ4v) is 2.45. The van der Waals surface area contributed by atoms with Gasteiger partial charge in [-0.1, -0.05) is 6.92 Å². The maximum absolute atomic E-state index is 4.63. The molecule has 1 aliphatic carbocycles. The van der Waals surface area contributed by atoms with Crippen molar-refractivity contribution in [3.63, 3.8) is 0 Å². The van der Waals surface area contributed by atoms with Crippen molar-refractivity contribution in [3.05, 3.63) is 17.5 Å². The van der Waals surface area contributed by atoms with Crippen LogP contribution in [0.2, 0.25) is 0 Å². The van der Waals surface area contributed by atoms with Crippen LogP contribution in [0.4, 0.5) is 0 Å². The Kier molecular flexibility index (Phi) is 3.81. The van der Waals surface area contributed by atoms with Crippen molar-refractivity contribution in [2.45, 2.75) is 72.0 Å². The Morgan fingerprint density at radius 2 is 2.11 bits per heavy atom. The number of hydrogen-bond donors (Lipinski definition) is 1. The molecule has 0 bridgehead atoms. The lowest BCUT2D eigenvalue weighted by atomic mass is 10.1. The van der Waals surface area contributed by atoms with E-state index < -0.39 is 0 Å². The molecular weight excluding hydrogens is 222 g/mol. The second kappa shape index (κ2) is 5.04. The number of nitrogens with zero attached hydrogens (tertiary/aromatic N) is 2. The molecular formula is C15H27N3. The molecule has 1 unspecified atom stereocenters. The molecule has 1 aromatic heterocycles. The van der Waals surface area contributed by atoms with Gasteiger partial charge in [0.2, 0.25) is 0 Å². The van der Waals surface area contributed by atoms with E-state index in [0.29, 0.717) is 6.04 Å². The molecule has 1 heterocycles. The number of rotatable bonds is 5. The number of hydrogen-bond acceptors (Lipinski definition) is 2. The summed E-state index contributed by atoms with van der Waals surface area (Å²) < 4.78 is 2.26. The van der Waals surface area contributed by atoms with Crippen molar-refractivity contribution >= 4 is 0 Å². The normalized spacial score (nSPS) is 18.1. The minimum Gasteiger partial charge on any atom is -0.308 e. The zero-order chi connectivity index (χ0) is 13.3. The first-order valence-electron chi connectivity index (χ1n) is 7.22. The molecule has 1 saturated carbocycles. The van der Waals surface area contributed by atoms with Crippen LogP contribution in [0.15, 0.2) is 6.20 Å². The average Bonchev–Trinajstić information content (AvgIpc) is 3.04. The van der Waals surface area contributed by atoms with Gasteiger partial charge in [0.15, 0.2) is 0 Å². The van der Waals surface area contributed by atoms with Crippen molar-refractivity contribution in [2.75, 3.05) is 0 Å². The summed E-state index contributed by atoms with van der Waals surface area (Å²) in [6.07, 6.45) is 5.87. The molecule has 0 radical (unpaired) electrons. The summed E-state index contributed by atoms with van der Waals surface area (Å²) in [7, 11) is 0. The SMILES string of the molecule is CCc1c(CNC(C)(C)C)cnn1C(C)C1CC1. The summed E-state index contributed by atoms with van der Waals surface area (Å²) in [5.41, 5.74) is 2.93. The second-order valence-corrected chi connectivity index (χ2v) is 6.60. The van der Waals surface area contributed by atoms with Crippen molar-refractivity contribution in [1.29, 1.82) is 0 Å². The minimum absolute atomic E-state index is 0.162. The summed E-state index contributed by atoms with van der Waals surface area (Å²) in [6, 6.07) is 0.573. The van der Waals surface area contributed by atoms with E-state index in [9.17, 15) is 0 Å². The van der Waals surface area contributed by atoms with Gasteiger partial charge in [0.1, 0.15) is 0 Å². The van der Waals surface area contributed by atoms with Gasteiger partial charge in [-0.05, 0) is 52.9 Å². The molecule has 0 saturated heterocycles. The molecule has 0 amide bonds. The van der Waals surface area contributed by atoms with E-state index >= 15 is 0 Å². The first-order valence-corrected chi connectivity index (χ1v) is 7.22. The van der Waals surface area contributed by atoms with Crippen molar-refractivity contribution in [3.8, 4) is 0 Å². The van der Waals surface area contributed by atoms with Crippen LogP contribution in [0.1, 0.15) is 64.8 Å². The maximum Gasteiger partial charge on any atom is 0.0537 e. The fraction of sp³-hybridized carbons (Fsp3) is 0.800. The van der Waals surface area contributed by atoms with Gasteiger partial charge >= 0.3 is 0 Å². The second-order valence-electron chi connectivity index (χ2n) is 6.60. The van der Waals surface area contributed by atoms with E-state index in [0.717, 1.165) is 18.9 Å². The Balaban J connectivity index is 2.11. The number of nitrogens with one attached hydrogen (secondary N) is 1. The maximum atomic E-state index is 4.63. The topological polar surface area (TPSA) is 29.9 Å². The Morgan fingerprint density at radius 3 is 2.61 bits per heavy atom. The van der Waals surface area contributed by atoms with Gasteiger partial charge < -0.3 is 5.32 Å². The molecule has 0 aliphatic heterocycles. The first kappa shape index (κ1) is 13.6. The third kappa shape index (κ3) is 3.14. The first-order chi connectivity index (χ1) is 8.42. The molecule has 3 nitrogen and oxygen atoms in total. The quantitative estimate of drug-likeness (QED) is 0.867. The molecule has 1 atom stereocenters. The Morgan fingerprint density at radius 1 is 1.44 bits per heavy atom. The smallest absolute Gasteiger partial charge is 0.0537 e. The third-order valence-corrected chi connectivity index (χ3v) is 3.82. The van der Waals surface area contributed by atoms with E-state index in [4.69, 9.17) is 0 Å². The van der Waals surface area contributed by atoms with Crippen LogP contribution in [0, 0.1) is 5.92 Å². The van der Waals surface area contributed by atoms with Crippen LogP contribution in [0.3, 0.4) is 0 Å². The molecule has 18 heavy (non-hydrogen) atoms. The van der Waals surface area contributed by atoms with Crippen LogP contribution < -0.4 is 5.32 Å². The summed E-state index contributed by atoms with van der Waals surface area (Å²) >= 11 is 0. The Labute approximate surface area is 111 Å². The van der Waals surface area contributed by atoms with Gasteiger partial charge in [0.05, 0.1) is 12.2 Å². The summed E-state index contributed by atoms with van der Waals surface area (Å²) in [5, 5.41) is 8.18. The summed E-state index contributed by atoms with van der Waals surface area (Å²) in [5.74, 6) is 0.860. The molecule has 3 heteroatoms. The van der Waals surface area contributed by atoms with Gasteiger partial charge in [-0.2, -0.15) is 5.10 Å². The van der Waals surface area contributed by atoms with E-state index in [-0.39, 0.29) is 5.54 Å². The van der Waals surface area contributed by atoms with E-state index in [1.807, 2.05) is 0 Å². The van der Waals surface area contributed by atoms with Gasteiger partial charge in [0.25, 0.3) is 0 Å². The summed E-state index contributed by atoms with van der Waals surface area (Å²) in [4.78, 5) is 0. The van der Waals surface area contributed by atoms with E-state index in [1.54, 1.807) is 0 Å². The lowest BCUT2D eigenvalue weighted by Crippen LogP contribution is -2.35. The summed E-state index contributed by atoms with van der Waals surface area (Å²) in [6.45, 7) is 12.1. The van der Waals surface area contributed by atoms with Crippen LogP contribution >= 0.6 is 0 Å². The molecule has 2 rings (SSSR count). The highest BCUT2D eigenvalue weighted by Gasteiger charge is 2.31. The molecule has 0 aromatic carbocycles. The van der Waals surface area contributed by atoms with Crippen molar-refractivity contribution < 1.29 is 0 Å². The Hall–Kier alpha value is -0.830.